The second-order valence-corrected chi connectivity index (χ2v) is 4.36. The number of aliphatic hydroxyl groups excluding tert-OH is 3. The largest absolute Gasteiger partial charge is 0.394 e. The maximum atomic E-state index is 12.4. The lowest BCUT2D eigenvalue weighted by Gasteiger charge is -2.25. The van der Waals surface area contributed by atoms with E-state index in [1.165, 1.54) is 12.1 Å². The summed E-state index contributed by atoms with van der Waals surface area (Å²) < 4.78 is 5.16. The number of azide groups is 1. The van der Waals surface area contributed by atoms with Gasteiger partial charge in [-0.3, -0.25) is 4.79 Å². The third-order valence-electron chi connectivity index (χ3n) is 3.17. The molecular weight excluding hydrogens is 266 g/mol. The Kier molecular flexibility index (Phi) is 4.03. The molecule has 2 rings (SSSR count). The highest BCUT2D eigenvalue weighted by molar-refractivity contribution is 6.03. The van der Waals surface area contributed by atoms with Crippen LogP contribution in [0.2, 0.25) is 0 Å². The second kappa shape index (κ2) is 5.58. The Morgan fingerprint density at radius 2 is 2.05 bits per heavy atom. The molecule has 1 aliphatic heterocycles. The van der Waals surface area contributed by atoms with Gasteiger partial charge in [-0.25, -0.2) is 0 Å². The first-order valence-electron chi connectivity index (χ1n) is 5.87. The Labute approximate surface area is 113 Å². The molecule has 0 aliphatic carbocycles. The monoisotopic (exact) mass is 279 g/mol. The number of hydrogen-bond donors (Lipinski definition) is 3. The summed E-state index contributed by atoms with van der Waals surface area (Å²) in [6.07, 6.45) is -4.50. The maximum Gasteiger partial charge on any atom is 0.238 e. The van der Waals surface area contributed by atoms with Gasteiger partial charge in [0.1, 0.15) is 18.3 Å². The van der Waals surface area contributed by atoms with E-state index in [1.807, 2.05) is 0 Å². The molecule has 1 heterocycles. The highest BCUT2D eigenvalue weighted by atomic mass is 16.6. The molecule has 0 amide bonds. The van der Waals surface area contributed by atoms with E-state index in [9.17, 15) is 15.0 Å². The van der Waals surface area contributed by atoms with E-state index in [0.717, 1.165) is 0 Å². The predicted molar refractivity (Wildman–Crippen MR) is 66.6 cm³/mol. The highest BCUT2D eigenvalue weighted by Crippen LogP contribution is 2.35. The normalized spacial score (nSPS) is 32.6. The fourth-order valence-corrected chi connectivity index (χ4v) is 2.13. The van der Waals surface area contributed by atoms with E-state index in [1.54, 1.807) is 18.2 Å². The number of benzene rings is 1. The Balaban J connectivity index is 2.46. The van der Waals surface area contributed by atoms with E-state index in [2.05, 4.69) is 10.0 Å². The van der Waals surface area contributed by atoms with Crippen molar-refractivity contribution in [3.63, 3.8) is 0 Å². The van der Waals surface area contributed by atoms with Crippen LogP contribution in [0.15, 0.2) is 35.4 Å². The molecule has 1 fully saturated rings. The van der Waals surface area contributed by atoms with Crippen molar-refractivity contribution in [1.29, 1.82) is 0 Å². The van der Waals surface area contributed by atoms with Gasteiger partial charge in [0, 0.05) is 10.5 Å². The first kappa shape index (κ1) is 14.4. The standard InChI is InChI=1S/C12H13N3O5/c13-15-14-12(10(18)7-4-2-1-3-5-7)11(19)9(17)8(6-16)20-12/h1-5,8-9,11,16-17,19H,6H2/t8-,9-,11-,12-/m0/s1. The number of Topliss-reactive ketones (excluding diaryl/α,β-unsaturated/α-hetero) is 1. The zero-order chi connectivity index (χ0) is 14.8. The van der Waals surface area contributed by atoms with Gasteiger partial charge in [0.15, 0.2) is 0 Å². The third-order valence-corrected chi connectivity index (χ3v) is 3.17. The minimum Gasteiger partial charge on any atom is -0.394 e. The molecule has 0 unspecified atom stereocenters. The van der Waals surface area contributed by atoms with E-state index < -0.39 is 36.4 Å². The van der Waals surface area contributed by atoms with Gasteiger partial charge in [0.25, 0.3) is 0 Å². The first-order chi connectivity index (χ1) is 9.56. The maximum absolute atomic E-state index is 12.4. The number of rotatable bonds is 4. The molecule has 1 aliphatic rings. The number of ether oxygens (including phenoxy) is 1. The zero-order valence-corrected chi connectivity index (χ0v) is 10.3. The molecule has 0 bridgehead atoms. The zero-order valence-electron chi connectivity index (χ0n) is 10.3. The van der Waals surface area contributed by atoms with Crippen LogP contribution in [-0.2, 0) is 4.74 Å². The minimum atomic E-state index is -2.27. The summed E-state index contributed by atoms with van der Waals surface area (Å²) >= 11 is 0. The van der Waals surface area contributed by atoms with Crippen LogP contribution in [0.5, 0.6) is 0 Å². The molecule has 0 spiro atoms. The lowest BCUT2D eigenvalue weighted by atomic mass is 9.94. The Bertz CT molecular complexity index is 545. The lowest BCUT2D eigenvalue weighted by Crippen LogP contribution is -2.48. The molecule has 1 aromatic rings. The van der Waals surface area contributed by atoms with Gasteiger partial charge in [-0.2, -0.15) is 0 Å². The molecule has 106 valence electrons. The fraction of sp³-hybridized carbons (Fsp3) is 0.417. The average Bonchev–Trinajstić information content (AvgIpc) is 2.73. The van der Waals surface area contributed by atoms with E-state index in [4.69, 9.17) is 15.4 Å². The van der Waals surface area contributed by atoms with Crippen molar-refractivity contribution in [3.8, 4) is 0 Å². The Morgan fingerprint density at radius 1 is 1.40 bits per heavy atom. The van der Waals surface area contributed by atoms with Crippen molar-refractivity contribution in [2.75, 3.05) is 6.61 Å². The van der Waals surface area contributed by atoms with Crippen LogP contribution in [0.3, 0.4) is 0 Å². The molecular formula is C12H13N3O5. The van der Waals surface area contributed by atoms with Crippen molar-refractivity contribution in [2.45, 2.75) is 24.0 Å². The van der Waals surface area contributed by atoms with Crippen molar-refractivity contribution >= 4 is 5.78 Å². The van der Waals surface area contributed by atoms with Gasteiger partial charge >= 0.3 is 0 Å². The highest BCUT2D eigenvalue weighted by Gasteiger charge is 2.58. The van der Waals surface area contributed by atoms with Crippen LogP contribution >= 0.6 is 0 Å². The van der Waals surface area contributed by atoms with Crippen molar-refractivity contribution < 1.29 is 24.9 Å². The summed E-state index contributed by atoms with van der Waals surface area (Å²) in [6.45, 7) is -0.622. The van der Waals surface area contributed by atoms with Crippen molar-refractivity contribution in [2.24, 2.45) is 5.11 Å². The number of carbonyl (C=O) groups is 1. The van der Waals surface area contributed by atoms with Crippen LogP contribution in [0.1, 0.15) is 10.4 Å². The topological polar surface area (TPSA) is 136 Å². The van der Waals surface area contributed by atoms with E-state index in [-0.39, 0.29) is 5.56 Å². The van der Waals surface area contributed by atoms with E-state index in [0.29, 0.717) is 0 Å². The molecule has 0 radical (unpaired) electrons. The average molecular weight is 279 g/mol. The smallest absolute Gasteiger partial charge is 0.238 e. The second-order valence-electron chi connectivity index (χ2n) is 4.36. The predicted octanol–water partition coefficient (Wildman–Crippen LogP) is -0.0112. The Morgan fingerprint density at radius 3 is 2.55 bits per heavy atom. The molecule has 8 heteroatoms. The van der Waals surface area contributed by atoms with Gasteiger partial charge in [0.2, 0.25) is 11.5 Å². The quantitative estimate of drug-likeness (QED) is 0.308. The molecule has 1 saturated heterocycles. The minimum absolute atomic E-state index is 0.157. The van der Waals surface area contributed by atoms with Crippen LogP contribution in [-0.4, -0.2) is 51.7 Å². The van der Waals surface area contributed by atoms with Crippen LogP contribution in [0.25, 0.3) is 10.4 Å². The summed E-state index contributed by atoms with van der Waals surface area (Å²) in [5.74, 6) is -0.779. The number of carbonyl (C=O) groups excluding carboxylic acids is 1. The molecule has 8 nitrogen and oxygen atoms in total. The summed E-state index contributed by atoms with van der Waals surface area (Å²) in [7, 11) is 0. The summed E-state index contributed by atoms with van der Waals surface area (Å²) in [5.41, 5.74) is 6.50. The van der Waals surface area contributed by atoms with Crippen LogP contribution in [0.4, 0.5) is 0 Å². The molecule has 20 heavy (non-hydrogen) atoms. The molecule has 1 aromatic carbocycles. The number of nitrogens with zero attached hydrogens (tertiary/aromatic N) is 3. The van der Waals surface area contributed by atoms with Crippen molar-refractivity contribution in [3.05, 3.63) is 46.3 Å². The third kappa shape index (κ3) is 2.15. The molecule has 0 saturated carbocycles. The van der Waals surface area contributed by atoms with Crippen LogP contribution < -0.4 is 0 Å². The molecule has 3 N–H and O–H groups in total. The van der Waals surface area contributed by atoms with Gasteiger partial charge in [0.05, 0.1) is 6.61 Å². The van der Waals surface area contributed by atoms with E-state index >= 15 is 0 Å². The number of hydrogen-bond acceptors (Lipinski definition) is 6. The fourth-order valence-electron chi connectivity index (χ4n) is 2.13. The summed E-state index contributed by atoms with van der Waals surface area (Å²) in [5, 5.41) is 32.1. The van der Waals surface area contributed by atoms with Crippen LogP contribution in [0, 0.1) is 0 Å². The number of ketones is 1. The molecule has 0 aromatic heterocycles. The van der Waals surface area contributed by atoms with Gasteiger partial charge in [-0.15, -0.1) is 0 Å². The first-order valence-corrected chi connectivity index (χ1v) is 5.87. The lowest BCUT2D eigenvalue weighted by molar-refractivity contribution is -0.0652. The summed E-state index contributed by atoms with van der Waals surface area (Å²) in [4.78, 5) is 15.0. The Hall–Kier alpha value is -1.96. The summed E-state index contributed by atoms with van der Waals surface area (Å²) in [6, 6.07) is 7.81. The van der Waals surface area contributed by atoms with Gasteiger partial charge in [-0.1, -0.05) is 30.3 Å². The van der Waals surface area contributed by atoms with Crippen molar-refractivity contribution in [1.82, 2.24) is 0 Å². The SMILES string of the molecule is [N-]=[N+]=N[C@@]1(C(=O)c2ccccc2)O[C@@H](CO)[C@H](O)[C@@H]1O. The van der Waals surface area contributed by atoms with Gasteiger partial charge in [-0.05, 0) is 10.6 Å². The van der Waals surface area contributed by atoms with Gasteiger partial charge < -0.3 is 20.1 Å². The number of aliphatic hydroxyl groups is 3. The molecule has 4 atom stereocenters.